The van der Waals surface area contributed by atoms with Gasteiger partial charge in [0, 0.05) is 26.2 Å². The van der Waals surface area contributed by atoms with Crippen molar-refractivity contribution in [2.75, 3.05) is 13.1 Å². The van der Waals surface area contributed by atoms with E-state index < -0.39 is 10.0 Å². The van der Waals surface area contributed by atoms with E-state index in [2.05, 4.69) is 10.6 Å². The molecule has 7 heteroatoms. The van der Waals surface area contributed by atoms with Gasteiger partial charge in [0.1, 0.15) is 0 Å². The maximum absolute atomic E-state index is 12.6. The number of hydrogen-bond acceptors (Lipinski definition) is 3. The molecule has 2 aromatic rings. The fourth-order valence-corrected chi connectivity index (χ4v) is 4.57. The largest absolute Gasteiger partial charge is 0.334 e. The summed E-state index contributed by atoms with van der Waals surface area (Å²) >= 11 is 0. The second-order valence-electron chi connectivity index (χ2n) is 6.63. The van der Waals surface area contributed by atoms with Crippen LogP contribution in [0.2, 0.25) is 0 Å². The van der Waals surface area contributed by atoms with E-state index in [-0.39, 0.29) is 6.03 Å². The number of rotatable bonds is 6. The van der Waals surface area contributed by atoms with E-state index in [1.54, 1.807) is 28.6 Å². The van der Waals surface area contributed by atoms with E-state index in [0.717, 1.165) is 30.4 Å². The lowest BCUT2D eigenvalue weighted by molar-refractivity contribution is 0.240. The maximum Gasteiger partial charge on any atom is 0.315 e. The van der Waals surface area contributed by atoms with Gasteiger partial charge in [0.25, 0.3) is 0 Å². The van der Waals surface area contributed by atoms with E-state index in [9.17, 15) is 13.2 Å². The highest BCUT2D eigenvalue weighted by Gasteiger charge is 2.25. The van der Waals surface area contributed by atoms with Gasteiger partial charge in [-0.15, -0.1) is 0 Å². The van der Waals surface area contributed by atoms with Crippen LogP contribution in [0, 0.1) is 0 Å². The van der Waals surface area contributed by atoms with Crippen molar-refractivity contribution in [2.45, 2.75) is 37.2 Å². The first kappa shape index (κ1) is 19.4. The monoisotopic (exact) mass is 387 g/mol. The molecule has 6 nitrogen and oxygen atoms in total. The molecule has 1 saturated heterocycles. The number of hydrogen-bond donors (Lipinski definition) is 2. The lowest BCUT2D eigenvalue weighted by atomic mass is 10.2. The van der Waals surface area contributed by atoms with Crippen molar-refractivity contribution >= 4 is 16.1 Å². The maximum atomic E-state index is 12.6. The minimum atomic E-state index is -3.42. The Morgan fingerprint density at radius 1 is 0.815 bits per heavy atom. The SMILES string of the molecule is O=C(NCc1ccccc1)NCc1ccc(S(=O)(=O)N2CCCCC2)cc1. The highest BCUT2D eigenvalue weighted by Crippen LogP contribution is 2.20. The predicted molar refractivity (Wildman–Crippen MR) is 105 cm³/mol. The molecule has 2 N–H and O–H groups in total. The summed E-state index contributed by atoms with van der Waals surface area (Å²) < 4.78 is 26.8. The number of urea groups is 1. The topological polar surface area (TPSA) is 78.5 Å². The third kappa shape index (κ3) is 5.30. The third-order valence-corrected chi connectivity index (χ3v) is 6.54. The van der Waals surface area contributed by atoms with Crippen LogP contribution in [0.4, 0.5) is 4.79 Å². The standard InChI is InChI=1S/C20H25N3O3S/c24-20(21-15-17-7-3-1-4-8-17)22-16-18-9-11-19(12-10-18)27(25,26)23-13-5-2-6-14-23/h1,3-4,7-12H,2,5-6,13-16H2,(H2,21,22,24). The van der Waals surface area contributed by atoms with Crippen molar-refractivity contribution in [3.63, 3.8) is 0 Å². The van der Waals surface area contributed by atoms with Gasteiger partial charge in [-0.25, -0.2) is 13.2 Å². The average molecular weight is 388 g/mol. The summed E-state index contributed by atoms with van der Waals surface area (Å²) in [4.78, 5) is 12.2. The molecular formula is C20H25N3O3S. The first-order valence-corrected chi connectivity index (χ1v) is 10.6. The van der Waals surface area contributed by atoms with Crippen molar-refractivity contribution in [3.8, 4) is 0 Å². The average Bonchev–Trinajstić information content (AvgIpc) is 2.72. The normalized spacial score (nSPS) is 15.3. The quantitative estimate of drug-likeness (QED) is 0.800. The summed E-state index contributed by atoms with van der Waals surface area (Å²) in [5.41, 5.74) is 1.88. The lowest BCUT2D eigenvalue weighted by Gasteiger charge is -2.25. The summed E-state index contributed by atoms with van der Waals surface area (Å²) in [6.45, 7) is 1.98. The van der Waals surface area contributed by atoms with Crippen LogP contribution in [0.15, 0.2) is 59.5 Å². The fraction of sp³-hybridized carbons (Fsp3) is 0.350. The molecule has 2 aromatic carbocycles. The minimum absolute atomic E-state index is 0.260. The molecule has 0 atom stereocenters. The van der Waals surface area contributed by atoms with Gasteiger partial charge >= 0.3 is 6.03 Å². The minimum Gasteiger partial charge on any atom is -0.334 e. The molecule has 0 aliphatic carbocycles. The van der Waals surface area contributed by atoms with Gasteiger partial charge < -0.3 is 10.6 Å². The van der Waals surface area contributed by atoms with E-state index in [1.165, 1.54) is 0 Å². The van der Waals surface area contributed by atoms with Crippen molar-refractivity contribution < 1.29 is 13.2 Å². The molecule has 1 aliphatic rings. The van der Waals surface area contributed by atoms with Crippen LogP contribution < -0.4 is 10.6 Å². The first-order chi connectivity index (χ1) is 13.1. The van der Waals surface area contributed by atoms with E-state index in [1.807, 2.05) is 30.3 Å². The number of amides is 2. The van der Waals surface area contributed by atoms with Crippen LogP contribution in [0.1, 0.15) is 30.4 Å². The summed E-state index contributed by atoms with van der Waals surface area (Å²) in [5, 5.41) is 5.58. The second-order valence-corrected chi connectivity index (χ2v) is 8.57. The number of sulfonamides is 1. The molecule has 0 bridgehead atoms. The van der Waals surface area contributed by atoms with E-state index in [4.69, 9.17) is 0 Å². The molecule has 3 rings (SSSR count). The number of nitrogens with zero attached hydrogens (tertiary/aromatic N) is 1. The van der Waals surface area contributed by atoms with Crippen LogP contribution in [-0.4, -0.2) is 31.8 Å². The number of carbonyl (C=O) groups excluding carboxylic acids is 1. The van der Waals surface area contributed by atoms with Gasteiger partial charge in [0.05, 0.1) is 4.90 Å². The molecular weight excluding hydrogens is 362 g/mol. The van der Waals surface area contributed by atoms with Crippen molar-refractivity contribution in [1.82, 2.24) is 14.9 Å². The molecule has 1 heterocycles. The number of piperidine rings is 1. The van der Waals surface area contributed by atoms with Gasteiger partial charge in [0.2, 0.25) is 10.0 Å². The Kier molecular flexibility index (Phi) is 6.47. The molecule has 0 unspecified atom stereocenters. The molecule has 1 fully saturated rings. The first-order valence-electron chi connectivity index (χ1n) is 9.20. The Balaban J connectivity index is 1.50. The lowest BCUT2D eigenvalue weighted by Crippen LogP contribution is -2.35. The Morgan fingerprint density at radius 2 is 1.37 bits per heavy atom. The Bertz CT molecular complexity index is 846. The summed E-state index contributed by atoms with van der Waals surface area (Å²) in [7, 11) is -3.42. The number of nitrogens with one attached hydrogen (secondary N) is 2. The van der Waals surface area contributed by atoms with E-state index >= 15 is 0 Å². The van der Waals surface area contributed by atoms with Crippen molar-refractivity contribution in [1.29, 1.82) is 0 Å². The molecule has 1 aliphatic heterocycles. The van der Waals surface area contributed by atoms with Gasteiger partial charge in [-0.1, -0.05) is 48.9 Å². The Hall–Kier alpha value is -2.38. The summed E-state index contributed by atoms with van der Waals surface area (Å²) in [6, 6.07) is 16.1. The van der Waals surface area contributed by atoms with E-state index in [0.29, 0.717) is 31.1 Å². The third-order valence-electron chi connectivity index (χ3n) is 4.63. The van der Waals surface area contributed by atoms with Crippen LogP contribution in [0.3, 0.4) is 0 Å². The van der Waals surface area contributed by atoms with Crippen LogP contribution in [-0.2, 0) is 23.1 Å². The molecule has 2 amide bonds. The molecule has 0 saturated carbocycles. The number of benzene rings is 2. The molecule has 0 aromatic heterocycles. The Morgan fingerprint density at radius 3 is 1.96 bits per heavy atom. The van der Waals surface area contributed by atoms with Gasteiger partial charge in [0.15, 0.2) is 0 Å². The smallest absolute Gasteiger partial charge is 0.315 e. The van der Waals surface area contributed by atoms with Crippen LogP contribution in [0.5, 0.6) is 0 Å². The van der Waals surface area contributed by atoms with Crippen molar-refractivity contribution in [3.05, 3.63) is 65.7 Å². The van der Waals surface area contributed by atoms with Gasteiger partial charge in [-0.2, -0.15) is 4.31 Å². The zero-order valence-corrected chi connectivity index (χ0v) is 16.0. The Labute approximate surface area is 160 Å². The van der Waals surface area contributed by atoms with Gasteiger partial charge in [-0.3, -0.25) is 0 Å². The van der Waals surface area contributed by atoms with Gasteiger partial charge in [-0.05, 0) is 36.1 Å². The predicted octanol–water partition coefficient (Wildman–Crippen LogP) is 2.86. The fourth-order valence-electron chi connectivity index (χ4n) is 3.06. The summed E-state index contributed by atoms with van der Waals surface area (Å²) in [5.74, 6) is 0. The highest BCUT2D eigenvalue weighted by atomic mass is 32.2. The summed E-state index contributed by atoms with van der Waals surface area (Å²) in [6.07, 6.45) is 2.92. The molecule has 27 heavy (non-hydrogen) atoms. The number of carbonyl (C=O) groups is 1. The van der Waals surface area contributed by atoms with Crippen LogP contribution >= 0.6 is 0 Å². The zero-order chi connectivity index (χ0) is 19.1. The highest BCUT2D eigenvalue weighted by molar-refractivity contribution is 7.89. The second kappa shape index (κ2) is 9.01. The molecule has 0 spiro atoms. The molecule has 0 radical (unpaired) electrons. The molecule has 144 valence electrons. The van der Waals surface area contributed by atoms with Crippen LogP contribution in [0.25, 0.3) is 0 Å². The zero-order valence-electron chi connectivity index (χ0n) is 15.2. The van der Waals surface area contributed by atoms with Crippen molar-refractivity contribution in [2.24, 2.45) is 0 Å².